The van der Waals surface area contributed by atoms with Gasteiger partial charge in [0, 0.05) is 19.1 Å². The van der Waals surface area contributed by atoms with Crippen molar-refractivity contribution in [2.75, 3.05) is 13.7 Å². The van der Waals surface area contributed by atoms with Gasteiger partial charge in [-0.25, -0.2) is 0 Å². The van der Waals surface area contributed by atoms with Crippen molar-refractivity contribution in [3.8, 4) is 0 Å². The van der Waals surface area contributed by atoms with Crippen LogP contribution in [0.5, 0.6) is 0 Å². The lowest BCUT2D eigenvalue weighted by Crippen LogP contribution is -2.01. The Balaban J connectivity index is 2.70. The van der Waals surface area contributed by atoms with Crippen molar-refractivity contribution in [2.24, 2.45) is 5.73 Å². The summed E-state index contributed by atoms with van der Waals surface area (Å²) in [6, 6.07) is 1.96. The van der Waals surface area contributed by atoms with Gasteiger partial charge < -0.3 is 14.9 Å². The number of halogens is 1. The Bertz CT molecular complexity index is 247. The lowest BCUT2D eigenvalue weighted by atomic mass is 10.3. The molecule has 0 unspecified atom stereocenters. The minimum Gasteiger partial charge on any atom is -0.454 e. The van der Waals surface area contributed by atoms with Crippen LogP contribution in [0.4, 0.5) is 0 Å². The summed E-state index contributed by atoms with van der Waals surface area (Å²) in [6.07, 6.45) is 0.766. The van der Waals surface area contributed by atoms with Crippen molar-refractivity contribution >= 4 is 15.9 Å². The summed E-state index contributed by atoms with van der Waals surface area (Å²) in [4.78, 5) is 0. The van der Waals surface area contributed by atoms with Crippen LogP contribution in [-0.4, -0.2) is 13.7 Å². The van der Waals surface area contributed by atoms with Crippen LogP contribution in [-0.2, 0) is 17.8 Å². The molecule has 4 heteroatoms. The van der Waals surface area contributed by atoms with Crippen LogP contribution in [0.2, 0.25) is 0 Å². The van der Waals surface area contributed by atoms with Crippen molar-refractivity contribution in [1.82, 2.24) is 0 Å². The number of furan rings is 1. The molecule has 0 spiro atoms. The Morgan fingerprint density at radius 2 is 2.42 bits per heavy atom. The van der Waals surface area contributed by atoms with Gasteiger partial charge in [-0.15, -0.1) is 0 Å². The molecule has 0 aliphatic rings. The molecule has 1 aromatic rings. The number of nitrogens with two attached hydrogens (primary N) is 1. The smallest absolute Gasteiger partial charge is 0.174 e. The molecule has 1 aromatic heterocycles. The third-order valence-electron chi connectivity index (χ3n) is 1.50. The summed E-state index contributed by atoms with van der Waals surface area (Å²) in [5.74, 6) is 0.899. The third-order valence-corrected chi connectivity index (χ3v) is 2.17. The molecule has 3 nitrogen and oxygen atoms in total. The predicted octanol–water partition coefficient (Wildman–Crippen LogP) is 1.69. The lowest BCUT2D eigenvalue weighted by molar-refractivity contribution is 0.183. The van der Waals surface area contributed by atoms with Gasteiger partial charge in [0.1, 0.15) is 5.76 Å². The van der Waals surface area contributed by atoms with Crippen LogP contribution in [0.25, 0.3) is 0 Å². The van der Waals surface area contributed by atoms with Crippen LogP contribution < -0.4 is 5.73 Å². The third kappa shape index (κ3) is 2.33. The molecule has 0 bridgehead atoms. The van der Waals surface area contributed by atoms with E-state index in [1.807, 2.05) is 6.07 Å². The van der Waals surface area contributed by atoms with E-state index in [0.29, 0.717) is 13.2 Å². The van der Waals surface area contributed by atoms with E-state index < -0.39 is 0 Å². The van der Waals surface area contributed by atoms with Gasteiger partial charge in [-0.1, -0.05) is 0 Å². The lowest BCUT2D eigenvalue weighted by Gasteiger charge is -1.91. The maximum absolute atomic E-state index is 5.39. The van der Waals surface area contributed by atoms with Gasteiger partial charge in [-0.3, -0.25) is 0 Å². The molecule has 0 saturated carbocycles. The van der Waals surface area contributed by atoms with Gasteiger partial charge in [0.2, 0.25) is 0 Å². The fraction of sp³-hybridized carbons (Fsp3) is 0.500. The maximum Gasteiger partial charge on any atom is 0.174 e. The average Bonchev–Trinajstić information content (AvgIpc) is 2.34. The first kappa shape index (κ1) is 9.77. The van der Waals surface area contributed by atoms with Crippen LogP contribution >= 0.6 is 15.9 Å². The maximum atomic E-state index is 5.39. The minimum absolute atomic E-state index is 0.564. The van der Waals surface area contributed by atoms with Crippen LogP contribution in [0.3, 0.4) is 0 Å². The van der Waals surface area contributed by atoms with E-state index in [2.05, 4.69) is 15.9 Å². The molecular weight excluding hydrogens is 222 g/mol. The molecular formula is C8H12BrNO2. The predicted molar refractivity (Wildman–Crippen MR) is 49.9 cm³/mol. The monoisotopic (exact) mass is 233 g/mol. The summed E-state index contributed by atoms with van der Waals surface area (Å²) in [5, 5.41) is 0. The van der Waals surface area contributed by atoms with E-state index in [1.165, 1.54) is 0 Å². The Morgan fingerprint density at radius 1 is 1.67 bits per heavy atom. The normalized spacial score (nSPS) is 10.6. The summed E-state index contributed by atoms with van der Waals surface area (Å²) < 4.78 is 11.1. The molecule has 0 aliphatic heterocycles. The summed E-state index contributed by atoms with van der Waals surface area (Å²) in [7, 11) is 1.65. The fourth-order valence-corrected chi connectivity index (χ4v) is 1.42. The Kier molecular flexibility index (Phi) is 3.78. The number of rotatable bonds is 4. The van der Waals surface area contributed by atoms with E-state index in [9.17, 15) is 0 Å². The van der Waals surface area contributed by atoms with Gasteiger partial charge in [0.15, 0.2) is 4.67 Å². The molecule has 0 amide bonds. The average molecular weight is 234 g/mol. The van der Waals surface area contributed by atoms with Gasteiger partial charge in [-0.2, -0.15) is 0 Å². The highest BCUT2D eigenvalue weighted by atomic mass is 79.9. The fourth-order valence-electron chi connectivity index (χ4n) is 0.981. The molecule has 1 heterocycles. The second-order valence-corrected chi connectivity index (χ2v) is 3.20. The second kappa shape index (κ2) is 4.64. The van der Waals surface area contributed by atoms with Gasteiger partial charge in [0.25, 0.3) is 0 Å². The van der Waals surface area contributed by atoms with E-state index in [4.69, 9.17) is 14.9 Å². The zero-order chi connectivity index (χ0) is 8.97. The van der Waals surface area contributed by atoms with Crippen molar-refractivity contribution < 1.29 is 9.15 Å². The highest BCUT2D eigenvalue weighted by Gasteiger charge is 2.06. The minimum atomic E-state index is 0.564. The van der Waals surface area contributed by atoms with Gasteiger partial charge in [0.05, 0.1) is 6.61 Å². The summed E-state index contributed by atoms with van der Waals surface area (Å²) in [6.45, 7) is 1.17. The molecule has 0 aromatic carbocycles. The van der Waals surface area contributed by atoms with Crippen molar-refractivity contribution in [2.45, 2.75) is 13.0 Å². The molecule has 0 fully saturated rings. The highest BCUT2D eigenvalue weighted by Crippen LogP contribution is 2.22. The van der Waals surface area contributed by atoms with Crippen LogP contribution in [0.1, 0.15) is 11.3 Å². The molecule has 1 rings (SSSR count). The van der Waals surface area contributed by atoms with Crippen molar-refractivity contribution in [1.29, 1.82) is 0 Å². The molecule has 0 aliphatic carbocycles. The van der Waals surface area contributed by atoms with Crippen LogP contribution in [0.15, 0.2) is 15.2 Å². The first-order chi connectivity index (χ1) is 5.77. The number of methoxy groups -OCH3 is 1. The first-order valence-corrected chi connectivity index (χ1v) is 4.53. The number of hydrogen-bond acceptors (Lipinski definition) is 3. The first-order valence-electron chi connectivity index (χ1n) is 3.74. The van der Waals surface area contributed by atoms with Crippen molar-refractivity contribution in [3.05, 3.63) is 22.1 Å². The summed E-state index contributed by atoms with van der Waals surface area (Å²) in [5.41, 5.74) is 6.42. The molecule has 12 heavy (non-hydrogen) atoms. The molecule has 0 atom stereocenters. The van der Waals surface area contributed by atoms with Gasteiger partial charge >= 0.3 is 0 Å². The summed E-state index contributed by atoms with van der Waals surface area (Å²) >= 11 is 3.30. The molecule has 68 valence electrons. The van der Waals surface area contributed by atoms with E-state index >= 15 is 0 Å². The van der Waals surface area contributed by atoms with E-state index in [1.54, 1.807) is 7.11 Å². The topological polar surface area (TPSA) is 48.4 Å². The standard InChI is InChI=1S/C8H12BrNO2/c1-11-5-6-4-7(2-3-10)12-8(6)9/h4H,2-3,5,10H2,1H3. The van der Waals surface area contributed by atoms with Crippen LogP contribution in [0, 0.1) is 0 Å². The Morgan fingerprint density at radius 3 is 3.00 bits per heavy atom. The number of hydrogen-bond donors (Lipinski definition) is 1. The van der Waals surface area contributed by atoms with E-state index in [-0.39, 0.29) is 0 Å². The molecule has 0 radical (unpaired) electrons. The van der Waals surface area contributed by atoms with E-state index in [0.717, 1.165) is 22.4 Å². The van der Waals surface area contributed by atoms with Gasteiger partial charge in [-0.05, 0) is 28.5 Å². The zero-order valence-electron chi connectivity index (χ0n) is 6.97. The highest BCUT2D eigenvalue weighted by molar-refractivity contribution is 9.10. The largest absolute Gasteiger partial charge is 0.454 e. The molecule has 0 saturated heterocycles. The quantitative estimate of drug-likeness (QED) is 0.862. The van der Waals surface area contributed by atoms with Crippen molar-refractivity contribution in [3.63, 3.8) is 0 Å². The zero-order valence-corrected chi connectivity index (χ0v) is 8.56. The molecule has 2 N–H and O–H groups in total. The second-order valence-electron chi connectivity index (χ2n) is 2.48. The Labute approximate surface area is 80.0 Å². The SMILES string of the molecule is COCc1cc(CCN)oc1Br. The number of ether oxygens (including phenoxy) is 1. The Hall–Kier alpha value is -0.320.